The first-order valence-corrected chi connectivity index (χ1v) is 6.50. The molecule has 1 nitrogen and oxygen atoms in total. The standard InChI is InChI=1S/C14H15NS/c1-16-14-5-3-2-4-13(14)12-8-6-11(10-15)7-9-12/h2-9H,10,15H2,1H3. The zero-order chi connectivity index (χ0) is 11.4. The van der Waals surface area contributed by atoms with Crippen LogP contribution in [-0.2, 0) is 6.54 Å². The lowest BCUT2D eigenvalue weighted by Crippen LogP contribution is -1.95. The smallest absolute Gasteiger partial charge is 0.0178 e. The van der Waals surface area contributed by atoms with Crippen LogP contribution in [0.3, 0.4) is 0 Å². The number of hydrogen-bond acceptors (Lipinski definition) is 2. The van der Waals surface area contributed by atoms with Crippen molar-refractivity contribution in [3.63, 3.8) is 0 Å². The van der Waals surface area contributed by atoms with E-state index in [9.17, 15) is 0 Å². The molecule has 0 bridgehead atoms. The Morgan fingerprint density at radius 1 is 1.00 bits per heavy atom. The van der Waals surface area contributed by atoms with Crippen molar-refractivity contribution in [2.45, 2.75) is 11.4 Å². The van der Waals surface area contributed by atoms with Gasteiger partial charge in [-0.15, -0.1) is 11.8 Å². The van der Waals surface area contributed by atoms with E-state index in [4.69, 9.17) is 5.73 Å². The van der Waals surface area contributed by atoms with Gasteiger partial charge in [0.25, 0.3) is 0 Å². The van der Waals surface area contributed by atoms with Crippen LogP contribution in [0.15, 0.2) is 53.4 Å². The molecule has 0 fully saturated rings. The Balaban J connectivity index is 2.42. The van der Waals surface area contributed by atoms with Gasteiger partial charge in [0.05, 0.1) is 0 Å². The van der Waals surface area contributed by atoms with Crippen molar-refractivity contribution in [1.29, 1.82) is 0 Å². The van der Waals surface area contributed by atoms with Crippen LogP contribution in [0, 0.1) is 0 Å². The van der Waals surface area contributed by atoms with Gasteiger partial charge in [-0.25, -0.2) is 0 Å². The molecule has 0 aliphatic carbocycles. The van der Waals surface area contributed by atoms with Crippen LogP contribution < -0.4 is 5.73 Å². The number of nitrogens with two attached hydrogens (primary N) is 1. The van der Waals surface area contributed by atoms with E-state index >= 15 is 0 Å². The molecule has 0 aliphatic heterocycles. The van der Waals surface area contributed by atoms with Crippen molar-refractivity contribution in [3.8, 4) is 11.1 Å². The van der Waals surface area contributed by atoms with Crippen LogP contribution in [0.25, 0.3) is 11.1 Å². The summed E-state index contributed by atoms with van der Waals surface area (Å²) in [5.74, 6) is 0. The molecule has 0 aromatic heterocycles. The maximum absolute atomic E-state index is 5.59. The van der Waals surface area contributed by atoms with Gasteiger partial charge < -0.3 is 5.73 Å². The zero-order valence-corrected chi connectivity index (χ0v) is 10.1. The van der Waals surface area contributed by atoms with Gasteiger partial charge in [-0.1, -0.05) is 42.5 Å². The Labute approximate surface area is 101 Å². The first-order chi connectivity index (χ1) is 7.85. The minimum atomic E-state index is 0.602. The van der Waals surface area contributed by atoms with E-state index in [1.54, 1.807) is 11.8 Å². The fourth-order valence-electron chi connectivity index (χ4n) is 1.70. The van der Waals surface area contributed by atoms with Gasteiger partial charge in [0.1, 0.15) is 0 Å². The van der Waals surface area contributed by atoms with Crippen LogP contribution in [0.2, 0.25) is 0 Å². The Morgan fingerprint density at radius 3 is 2.31 bits per heavy atom. The summed E-state index contributed by atoms with van der Waals surface area (Å²) in [5.41, 5.74) is 9.30. The Hall–Kier alpha value is -1.25. The second-order valence-corrected chi connectivity index (χ2v) is 4.45. The lowest BCUT2D eigenvalue weighted by atomic mass is 10.0. The highest BCUT2D eigenvalue weighted by Crippen LogP contribution is 2.29. The average Bonchev–Trinajstić information content (AvgIpc) is 2.39. The van der Waals surface area contributed by atoms with Crippen LogP contribution in [0.1, 0.15) is 5.56 Å². The third-order valence-corrected chi connectivity index (χ3v) is 3.40. The molecular weight excluding hydrogens is 214 g/mol. The fraction of sp³-hybridized carbons (Fsp3) is 0.143. The summed E-state index contributed by atoms with van der Waals surface area (Å²) in [6.45, 7) is 0.602. The van der Waals surface area contributed by atoms with Crippen molar-refractivity contribution in [3.05, 3.63) is 54.1 Å². The molecule has 0 radical (unpaired) electrons. The molecule has 16 heavy (non-hydrogen) atoms. The van der Waals surface area contributed by atoms with Crippen LogP contribution in [0.4, 0.5) is 0 Å². The summed E-state index contributed by atoms with van der Waals surface area (Å²) in [4.78, 5) is 1.31. The van der Waals surface area contributed by atoms with Crippen LogP contribution in [-0.4, -0.2) is 6.26 Å². The van der Waals surface area contributed by atoms with Crippen molar-refractivity contribution < 1.29 is 0 Å². The molecule has 2 aromatic rings. The van der Waals surface area contributed by atoms with E-state index in [1.807, 2.05) is 0 Å². The van der Waals surface area contributed by atoms with Crippen LogP contribution >= 0.6 is 11.8 Å². The molecule has 0 spiro atoms. The predicted octanol–water partition coefficient (Wildman–Crippen LogP) is 3.53. The number of benzene rings is 2. The third-order valence-electron chi connectivity index (χ3n) is 2.61. The highest BCUT2D eigenvalue weighted by Gasteiger charge is 2.02. The highest BCUT2D eigenvalue weighted by molar-refractivity contribution is 7.98. The normalized spacial score (nSPS) is 10.4. The Bertz CT molecular complexity index is 462. The summed E-state index contributed by atoms with van der Waals surface area (Å²) in [6.07, 6.45) is 2.10. The van der Waals surface area contributed by atoms with Gasteiger partial charge in [-0.3, -0.25) is 0 Å². The largest absolute Gasteiger partial charge is 0.326 e. The molecule has 2 N–H and O–H groups in total. The molecule has 0 amide bonds. The lowest BCUT2D eigenvalue weighted by molar-refractivity contribution is 1.07. The Morgan fingerprint density at radius 2 is 1.69 bits per heavy atom. The molecule has 2 rings (SSSR count). The van der Waals surface area contributed by atoms with Crippen molar-refractivity contribution in [2.24, 2.45) is 5.73 Å². The quantitative estimate of drug-likeness (QED) is 0.815. The van der Waals surface area contributed by atoms with E-state index in [2.05, 4.69) is 54.8 Å². The number of rotatable bonds is 3. The topological polar surface area (TPSA) is 26.0 Å². The third kappa shape index (κ3) is 2.29. The van der Waals surface area contributed by atoms with Gasteiger partial charge in [-0.2, -0.15) is 0 Å². The minimum Gasteiger partial charge on any atom is -0.326 e. The fourth-order valence-corrected chi connectivity index (χ4v) is 2.32. The SMILES string of the molecule is CSc1ccccc1-c1ccc(CN)cc1. The number of hydrogen-bond donors (Lipinski definition) is 1. The summed E-state index contributed by atoms with van der Waals surface area (Å²) >= 11 is 1.78. The monoisotopic (exact) mass is 229 g/mol. The van der Waals surface area contributed by atoms with Gasteiger partial charge in [0.2, 0.25) is 0 Å². The first kappa shape index (κ1) is 11.2. The van der Waals surface area contributed by atoms with Crippen molar-refractivity contribution in [2.75, 3.05) is 6.26 Å². The molecule has 0 unspecified atom stereocenters. The van der Waals surface area contributed by atoms with E-state index in [0.717, 1.165) is 0 Å². The van der Waals surface area contributed by atoms with Gasteiger partial charge >= 0.3 is 0 Å². The van der Waals surface area contributed by atoms with Crippen molar-refractivity contribution in [1.82, 2.24) is 0 Å². The molecule has 2 heteroatoms. The predicted molar refractivity (Wildman–Crippen MR) is 71.6 cm³/mol. The maximum atomic E-state index is 5.59. The summed E-state index contributed by atoms with van der Waals surface area (Å²) in [7, 11) is 0. The summed E-state index contributed by atoms with van der Waals surface area (Å²) in [5, 5.41) is 0. The lowest BCUT2D eigenvalue weighted by Gasteiger charge is -2.07. The molecule has 82 valence electrons. The number of thioether (sulfide) groups is 1. The molecule has 0 aliphatic rings. The Kier molecular flexibility index (Phi) is 3.65. The van der Waals surface area contributed by atoms with Gasteiger partial charge in [0.15, 0.2) is 0 Å². The van der Waals surface area contributed by atoms with E-state index in [1.165, 1.54) is 21.6 Å². The molecule has 2 aromatic carbocycles. The van der Waals surface area contributed by atoms with E-state index in [-0.39, 0.29) is 0 Å². The van der Waals surface area contributed by atoms with Crippen molar-refractivity contribution >= 4 is 11.8 Å². The van der Waals surface area contributed by atoms with E-state index in [0.29, 0.717) is 6.54 Å². The maximum Gasteiger partial charge on any atom is 0.0178 e. The van der Waals surface area contributed by atoms with Gasteiger partial charge in [-0.05, 0) is 29.0 Å². The minimum absolute atomic E-state index is 0.602. The second kappa shape index (κ2) is 5.19. The zero-order valence-electron chi connectivity index (χ0n) is 9.31. The summed E-state index contributed by atoms with van der Waals surface area (Å²) in [6, 6.07) is 16.9. The first-order valence-electron chi connectivity index (χ1n) is 5.27. The molecule has 0 saturated heterocycles. The molecule has 0 heterocycles. The van der Waals surface area contributed by atoms with E-state index < -0.39 is 0 Å². The summed E-state index contributed by atoms with van der Waals surface area (Å²) < 4.78 is 0. The molecular formula is C14H15NS. The van der Waals surface area contributed by atoms with Gasteiger partial charge in [0, 0.05) is 11.4 Å². The molecule has 0 saturated carbocycles. The van der Waals surface area contributed by atoms with Crippen LogP contribution in [0.5, 0.6) is 0 Å². The second-order valence-electron chi connectivity index (χ2n) is 3.60. The molecule has 0 atom stereocenters. The highest BCUT2D eigenvalue weighted by atomic mass is 32.2. The average molecular weight is 229 g/mol.